The lowest BCUT2D eigenvalue weighted by Gasteiger charge is -2.04. The predicted octanol–water partition coefficient (Wildman–Crippen LogP) is 4.01. The smallest absolute Gasteiger partial charge is 0.125 e. The summed E-state index contributed by atoms with van der Waals surface area (Å²) in [6, 6.07) is 5.75. The lowest BCUT2D eigenvalue weighted by molar-refractivity contribution is 0.481. The molecule has 92 valence electrons. The Hall–Kier alpha value is -1.09. The van der Waals surface area contributed by atoms with Gasteiger partial charge in [0.05, 0.1) is 5.52 Å². The van der Waals surface area contributed by atoms with E-state index in [1.807, 2.05) is 17.8 Å². The highest BCUT2D eigenvalue weighted by Gasteiger charge is 2.11. The van der Waals surface area contributed by atoms with Gasteiger partial charge in [-0.15, -0.1) is 0 Å². The van der Waals surface area contributed by atoms with Crippen molar-refractivity contribution in [3.63, 3.8) is 0 Å². The molecule has 1 aromatic carbocycles. The molecule has 1 heterocycles. The molecule has 1 aromatic heterocycles. The van der Waals surface area contributed by atoms with Crippen molar-refractivity contribution < 1.29 is 5.11 Å². The predicted molar refractivity (Wildman–Crippen MR) is 75.7 cm³/mol. The monoisotopic (exact) mass is 249 g/mol. The Morgan fingerprint density at radius 2 is 2.12 bits per heavy atom. The van der Waals surface area contributed by atoms with Crippen LogP contribution >= 0.6 is 11.8 Å². The average Bonchev–Trinajstić information content (AvgIpc) is 2.66. The minimum atomic E-state index is 0.397. The van der Waals surface area contributed by atoms with Gasteiger partial charge < -0.3 is 9.67 Å². The normalized spacial score (nSPS) is 11.5. The van der Waals surface area contributed by atoms with Gasteiger partial charge in [0.25, 0.3) is 0 Å². The molecule has 3 heteroatoms. The van der Waals surface area contributed by atoms with E-state index in [9.17, 15) is 5.11 Å². The Labute approximate surface area is 107 Å². The summed E-state index contributed by atoms with van der Waals surface area (Å²) in [5.74, 6) is 1.35. The molecule has 0 atom stereocenters. The van der Waals surface area contributed by atoms with Crippen molar-refractivity contribution in [3.8, 4) is 5.75 Å². The number of rotatable bonds is 4. The molecule has 2 nitrogen and oxygen atoms in total. The molecule has 0 amide bonds. The first-order valence-electron chi connectivity index (χ1n) is 6.04. The summed E-state index contributed by atoms with van der Waals surface area (Å²) in [5.41, 5.74) is 2.37. The lowest BCUT2D eigenvalue weighted by Crippen LogP contribution is -1.90. The molecule has 0 unspecified atom stereocenters. The lowest BCUT2D eigenvalue weighted by atomic mass is 10.2. The van der Waals surface area contributed by atoms with Crippen LogP contribution in [0.4, 0.5) is 0 Å². The van der Waals surface area contributed by atoms with Gasteiger partial charge in [-0.05, 0) is 29.9 Å². The van der Waals surface area contributed by atoms with Crippen molar-refractivity contribution in [2.45, 2.75) is 38.3 Å². The maximum absolute atomic E-state index is 10.0. The highest BCUT2D eigenvalue weighted by atomic mass is 32.2. The molecule has 17 heavy (non-hydrogen) atoms. The third-order valence-electron chi connectivity index (χ3n) is 2.88. The molecular formula is C14H19NOS. The quantitative estimate of drug-likeness (QED) is 0.885. The third kappa shape index (κ3) is 2.44. The second kappa shape index (κ2) is 5.05. The van der Waals surface area contributed by atoms with Gasteiger partial charge in [0, 0.05) is 23.9 Å². The third-order valence-corrected chi connectivity index (χ3v) is 4.02. The number of benzene rings is 1. The van der Waals surface area contributed by atoms with Gasteiger partial charge in [0.15, 0.2) is 0 Å². The van der Waals surface area contributed by atoms with E-state index >= 15 is 0 Å². The first-order valence-corrected chi connectivity index (χ1v) is 7.09. The van der Waals surface area contributed by atoms with Crippen LogP contribution < -0.4 is 0 Å². The van der Waals surface area contributed by atoms with E-state index in [-0.39, 0.29) is 0 Å². The van der Waals surface area contributed by atoms with E-state index in [4.69, 9.17) is 0 Å². The molecule has 2 aromatic rings. The van der Waals surface area contributed by atoms with Crippen LogP contribution in [0.15, 0.2) is 24.4 Å². The molecule has 0 aliphatic carbocycles. The molecule has 0 radical (unpaired) electrons. The largest absolute Gasteiger partial charge is 0.507 e. The van der Waals surface area contributed by atoms with Crippen LogP contribution in [0.2, 0.25) is 0 Å². The maximum atomic E-state index is 10.0. The van der Waals surface area contributed by atoms with E-state index < -0.39 is 0 Å². The topological polar surface area (TPSA) is 25.2 Å². The zero-order valence-electron chi connectivity index (χ0n) is 10.6. The number of fused-ring (bicyclic) bond motifs is 1. The molecule has 0 aliphatic heterocycles. The Kier molecular flexibility index (Phi) is 3.67. The Balaban J connectivity index is 2.47. The first-order chi connectivity index (χ1) is 8.13. The van der Waals surface area contributed by atoms with Crippen LogP contribution in [-0.4, -0.2) is 14.9 Å². The second-order valence-electron chi connectivity index (χ2n) is 4.47. The van der Waals surface area contributed by atoms with Gasteiger partial charge in [-0.1, -0.05) is 19.9 Å². The van der Waals surface area contributed by atoms with Gasteiger partial charge in [-0.25, -0.2) is 0 Å². The number of aromatic nitrogens is 1. The van der Waals surface area contributed by atoms with E-state index in [1.54, 1.807) is 6.07 Å². The summed E-state index contributed by atoms with van der Waals surface area (Å²) < 4.78 is 2.20. The number of thioether (sulfide) groups is 1. The van der Waals surface area contributed by atoms with Crippen LogP contribution in [0.1, 0.15) is 26.3 Å². The SMILES string of the molecule is CCn1cc(CSC(C)C)c2c(O)cccc21. The highest BCUT2D eigenvalue weighted by molar-refractivity contribution is 7.99. The van der Waals surface area contributed by atoms with Crippen molar-refractivity contribution in [3.05, 3.63) is 30.0 Å². The fourth-order valence-corrected chi connectivity index (χ4v) is 2.78. The minimum Gasteiger partial charge on any atom is -0.507 e. The molecule has 0 saturated heterocycles. The summed E-state index contributed by atoms with van der Waals surface area (Å²) in [4.78, 5) is 0. The first kappa shape index (κ1) is 12.4. The van der Waals surface area contributed by atoms with Crippen molar-refractivity contribution >= 4 is 22.7 Å². The summed E-state index contributed by atoms with van der Waals surface area (Å²) in [6.07, 6.45) is 2.17. The van der Waals surface area contributed by atoms with E-state index in [0.717, 1.165) is 23.2 Å². The minimum absolute atomic E-state index is 0.397. The van der Waals surface area contributed by atoms with Crippen molar-refractivity contribution in [2.24, 2.45) is 0 Å². The fourth-order valence-electron chi connectivity index (χ4n) is 2.05. The summed E-state index contributed by atoms with van der Waals surface area (Å²) in [6.45, 7) is 7.46. The van der Waals surface area contributed by atoms with Crippen molar-refractivity contribution in [1.29, 1.82) is 0 Å². The van der Waals surface area contributed by atoms with Gasteiger partial charge in [0.1, 0.15) is 5.75 Å². The van der Waals surface area contributed by atoms with Crippen LogP contribution in [0, 0.1) is 0 Å². The van der Waals surface area contributed by atoms with Gasteiger partial charge >= 0.3 is 0 Å². The zero-order chi connectivity index (χ0) is 12.4. The standard InChI is InChI=1S/C14H19NOS/c1-4-15-8-11(9-17-10(2)3)14-12(15)6-5-7-13(14)16/h5-8,10,16H,4,9H2,1-3H3. The zero-order valence-corrected chi connectivity index (χ0v) is 11.4. The number of phenolic OH excluding ortho intramolecular Hbond substituents is 1. The highest BCUT2D eigenvalue weighted by Crippen LogP contribution is 2.32. The van der Waals surface area contributed by atoms with Crippen LogP contribution in [-0.2, 0) is 12.3 Å². The molecule has 2 rings (SSSR count). The second-order valence-corrected chi connectivity index (χ2v) is 6.04. The van der Waals surface area contributed by atoms with Crippen LogP contribution in [0.25, 0.3) is 10.9 Å². The van der Waals surface area contributed by atoms with Gasteiger partial charge in [-0.2, -0.15) is 11.8 Å². The molecule has 0 spiro atoms. The summed E-state index contributed by atoms with van der Waals surface area (Å²) >= 11 is 1.91. The number of hydrogen-bond acceptors (Lipinski definition) is 2. The van der Waals surface area contributed by atoms with Crippen molar-refractivity contribution in [2.75, 3.05) is 0 Å². The molecule has 1 N–H and O–H groups in total. The number of nitrogens with zero attached hydrogens (tertiary/aromatic N) is 1. The number of aromatic hydroxyl groups is 1. The molecule has 0 saturated carbocycles. The molecular weight excluding hydrogens is 230 g/mol. The maximum Gasteiger partial charge on any atom is 0.125 e. The van der Waals surface area contributed by atoms with Crippen LogP contribution in [0.5, 0.6) is 5.75 Å². The van der Waals surface area contributed by atoms with Crippen molar-refractivity contribution in [1.82, 2.24) is 4.57 Å². The summed E-state index contributed by atoms with van der Waals surface area (Å²) in [5, 5.41) is 11.6. The molecule has 0 bridgehead atoms. The number of aryl methyl sites for hydroxylation is 1. The average molecular weight is 249 g/mol. The molecule has 0 aliphatic rings. The van der Waals surface area contributed by atoms with E-state index in [1.165, 1.54) is 5.56 Å². The summed E-state index contributed by atoms with van der Waals surface area (Å²) in [7, 11) is 0. The molecule has 0 fully saturated rings. The Morgan fingerprint density at radius 3 is 2.76 bits per heavy atom. The number of hydrogen-bond donors (Lipinski definition) is 1. The van der Waals surface area contributed by atoms with Gasteiger partial charge in [-0.3, -0.25) is 0 Å². The van der Waals surface area contributed by atoms with E-state index in [2.05, 4.69) is 37.6 Å². The fraction of sp³-hybridized carbons (Fsp3) is 0.429. The Morgan fingerprint density at radius 1 is 1.35 bits per heavy atom. The van der Waals surface area contributed by atoms with Crippen LogP contribution in [0.3, 0.4) is 0 Å². The number of phenols is 1. The Bertz CT molecular complexity index is 516. The van der Waals surface area contributed by atoms with E-state index in [0.29, 0.717) is 11.0 Å². The van der Waals surface area contributed by atoms with Gasteiger partial charge in [0.2, 0.25) is 0 Å².